The van der Waals surface area contributed by atoms with Crippen LogP contribution in [0.25, 0.3) is 0 Å². The Labute approximate surface area is 243 Å². The maximum Gasteiger partial charge on any atom is 0.425 e. The summed E-state index contributed by atoms with van der Waals surface area (Å²) in [5, 5.41) is 35.9. The third-order valence-corrected chi connectivity index (χ3v) is 15.0. The monoisotopic (exact) mass is 751 g/mol. The maximum absolute atomic E-state index is 14.4. The molecule has 0 aromatic rings. The predicted molar refractivity (Wildman–Crippen MR) is 146 cm³/mol. The van der Waals surface area contributed by atoms with E-state index in [9.17, 15) is 46.2 Å². The van der Waals surface area contributed by atoms with Crippen LogP contribution in [0.4, 0.5) is 46.2 Å². The molecule has 0 bridgehead atoms. The molecule has 0 aliphatic carbocycles. The molecule has 243 valence electrons. The molecule has 2 rings (SSSR count). The lowest BCUT2D eigenvalue weighted by Crippen LogP contribution is -2.20. The van der Waals surface area contributed by atoms with Gasteiger partial charge in [0.25, 0.3) is 0 Å². The minimum absolute atomic E-state index is 0. The Morgan fingerprint density at radius 2 is 0.767 bits per heavy atom. The molecule has 2 aliphatic rings. The van der Waals surface area contributed by atoms with Crippen molar-refractivity contribution in [2.75, 3.05) is 26.2 Å². The number of halogens is 11. The highest BCUT2D eigenvalue weighted by Crippen LogP contribution is 2.83. The van der Waals surface area contributed by atoms with Crippen LogP contribution in [0.2, 0.25) is 0 Å². The van der Waals surface area contributed by atoms with Crippen molar-refractivity contribution in [1.29, 1.82) is 21.0 Å². The van der Waals surface area contributed by atoms with E-state index in [1.54, 1.807) is 25.7 Å². The van der Waals surface area contributed by atoms with Crippen LogP contribution in [0.3, 0.4) is 0 Å². The van der Waals surface area contributed by atoms with Crippen molar-refractivity contribution < 1.29 is 46.2 Å². The first-order chi connectivity index (χ1) is 18.7. The van der Waals surface area contributed by atoms with Crippen molar-refractivity contribution in [3.05, 3.63) is 0 Å². The largest absolute Gasteiger partial charge is 0.425 e. The summed E-state index contributed by atoms with van der Waals surface area (Å²) in [5.74, 6) is 0. The molecule has 3 radical (unpaired) electrons. The van der Waals surface area contributed by atoms with E-state index in [2.05, 4.69) is 14.3 Å². The summed E-state index contributed by atoms with van der Waals surface area (Å²) in [7, 11) is -34.0. The second-order valence-corrected chi connectivity index (χ2v) is 17.1. The molecule has 0 fully saturated rings. The highest BCUT2D eigenvalue weighted by atomic mass is 31.3. The first-order valence-electron chi connectivity index (χ1n) is 10.1. The van der Waals surface area contributed by atoms with Crippen LogP contribution in [0.5, 0.6) is 0 Å². The second kappa shape index (κ2) is 19.8. The van der Waals surface area contributed by atoms with Crippen LogP contribution in [-0.4, -0.2) is 39.3 Å². The summed E-state index contributed by atoms with van der Waals surface area (Å²) in [6.07, 6.45) is 0.470. The lowest BCUT2D eigenvalue weighted by atomic mass is 10.4. The zero-order chi connectivity index (χ0) is 32.0. The Balaban J connectivity index is -0.000000597. The number of hydrogen-bond donors (Lipinski definition) is 1. The summed E-state index contributed by atoms with van der Waals surface area (Å²) in [4.78, 5) is 0. The fraction of sp³-hybridized carbons (Fsp3) is 0.692. The first-order valence-corrected chi connectivity index (χ1v) is 19.0. The molecule has 30 heteroatoms. The van der Waals surface area contributed by atoms with Gasteiger partial charge in [0.05, 0.1) is 24.3 Å². The SMILES string of the molecule is C.FP1(F)=NP(F)(F)=NP(F)(F)=N1.N#CCCN(CCC#N)P1(F)=NP(F)(F)=NP(F)(F)=N1.N#CCCNCCC#N.[B]. The van der Waals surface area contributed by atoms with Crippen molar-refractivity contribution in [2.45, 2.75) is 33.1 Å². The van der Waals surface area contributed by atoms with Gasteiger partial charge in [0, 0.05) is 60.3 Å². The van der Waals surface area contributed by atoms with Crippen LogP contribution in [0.1, 0.15) is 33.1 Å². The highest BCUT2D eigenvalue weighted by molar-refractivity contribution is 7.78. The molecule has 0 saturated carbocycles. The second-order valence-electron chi connectivity index (χ2n) is 6.65. The van der Waals surface area contributed by atoms with E-state index in [-0.39, 0.29) is 28.7 Å². The van der Waals surface area contributed by atoms with Gasteiger partial charge in [0.1, 0.15) is 0 Å². The lowest BCUT2D eigenvalue weighted by molar-refractivity contribution is 0.445. The van der Waals surface area contributed by atoms with E-state index < -0.39 is 59.9 Å². The molecule has 1 N–H and O–H groups in total. The van der Waals surface area contributed by atoms with E-state index in [0.717, 1.165) is 0 Å². The smallest absolute Gasteiger partial charge is 0.315 e. The van der Waals surface area contributed by atoms with Gasteiger partial charge in [-0.3, -0.25) is 0 Å². The zero-order valence-corrected chi connectivity index (χ0v) is 25.9. The van der Waals surface area contributed by atoms with E-state index in [0.29, 0.717) is 30.6 Å². The standard InChI is InChI=1S/C6H8F5N6P3.C6H9N3.CH4.B.F6N3P3/c7-18(8)14-19(9,10)16-20(11,15-18)17(5-1-3-12)6-2-4-13;7-3-1-5-9-6-2-4-8;;;1-10(2)7-11(3,4)9-12(5,6)8-10/h1-2,5-6H2;9H,1-2,5-6H2;1H4;;. The van der Waals surface area contributed by atoms with Crippen molar-refractivity contribution in [1.82, 2.24) is 9.99 Å². The molecule has 2 heterocycles. The van der Waals surface area contributed by atoms with Crippen molar-refractivity contribution in [2.24, 2.45) is 27.1 Å². The van der Waals surface area contributed by atoms with E-state index in [1.165, 1.54) is 0 Å². The minimum atomic E-state index is -5.82. The average molecular weight is 751 g/mol. The molecular weight excluding hydrogens is 730 g/mol. The van der Waals surface area contributed by atoms with Gasteiger partial charge in [0.15, 0.2) is 0 Å². The van der Waals surface area contributed by atoms with Crippen LogP contribution in [0, 0.1) is 45.3 Å². The molecule has 12 nitrogen and oxygen atoms in total. The number of nitrogens with zero attached hydrogens (tertiary/aromatic N) is 11. The molecular formula is C13H21BF11N12P6. The molecule has 0 spiro atoms. The van der Waals surface area contributed by atoms with Gasteiger partial charge in [-0.05, 0) is 0 Å². The van der Waals surface area contributed by atoms with E-state index in [4.69, 9.17) is 21.0 Å². The summed E-state index contributed by atoms with van der Waals surface area (Å²) >= 11 is 0. The Kier molecular flexibility index (Phi) is 21.2. The molecule has 1 atom stereocenters. The predicted octanol–water partition coefficient (Wildman–Crippen LogP) is 12.1. The van der Waals surface area contributed by atoms with E-state index >= 15 is 0 Å². The van der Waals surface area contributed by atoms with Gasteiger partial charge in [0.2, 0.25) is 0 Å². The topological polar surface area (TPSA) is 185 Å². The van der Waals surface area contributed by atoms with Crippen LogP contribution >= 0.6 is 46.8 Å². The van der Waals surface area contributed by atoms with Gasteiger partial charge in [-0.25, -0.2) is 4.67 Å². The molecule has 0 amide bonds. The Morgan fingerprint density at radius 1 is 0.488 bits per heavy atom. The summed E-state index contributed by atoms with van der Waals surface area (Å²) < 4.78 is 151. The van der Waals surface area contributed by atoms with Gasteiger partial charge in [-0.2, -0.15) is 25.2 Å². The number of hydrogen-bond acceptors (Lipinski definition) is 12. The fourth-order valence-corrected chi connectivity index (χ4v) is 12.9. The number of nitriles is 4. The third-order valence-electron chi connectivity index (χ3n) is 3.45. The van der Waals surface area contributed by atoms with Gasteiger partial charge in [-0.1, -0.05) is 7.43 Å². The quantitative estimate of drug-likeness (QED) is 0.106. The van der Waals surface area contributed by atoms with Crippen LogP contribution in [-0.2, 0) is 0 Å². The minimum Gasteiger partial charge on any atom is -0.315 e. The molecule has 2 aliphatic heterocycles. The number of rotatable bonds is 9. The van der Waals surface area contributed by atoms with Crippen molar-refractivity contribution in [3.8, 4) is 24.3 Å². The fourth-order valence-electron chi connectivity index (χ4n) is 2.15. The highest BCUT2D eigenvalue weighted by Gasteiger charge is 2.42. The van der Waals surface area contributed by atoms with Crippen molar-refractivity contribution >= 4 is 55.2 Å². The number of nitrogens with one attached hydrogen (secondary N) is 1. The molecule has 43 heavy (non-hydrogen) atoms. The van der Waals surface area contributed by atoms with Gasteiger partial charge in [-0.15, -0.1) is 69.1 Å². The Hall–Kier alpha value is -1.45. The lowest BCUT2D eigenvalue weighted by Gasteiger charge is -2.27. The van der Waals surface area contributed by atoms with Gasteiger partial charge < -0.3 is 5.32 Å². The average Bonchev–Trinajstić information content (AvgIpc) is 2.74. The summed E-state index contributed by atoms with van der Waals surface area (Å²) in [6.45, 7) is 0.571. The zero-order valence-electron chi connectivity index (χ0n) is 20.5. The summed E-state index contributed by atoms with van der Waals surface area (Å²) in [6, 6.07) is 7.27. The Bertz CT molecular complexity index is 1320. The summed E-state index contributed by atoms with van der Waals surface area (Å²) in [5.41, 5.74) is 0. The van der Waals surface area contributed by atoms with Crippen molar-refractivity contribution in [3.63, 3.8) is 0 Å². The third kappa shape index (κ3) is 20.3. The Morgan fingerprint density at radius 3 is 1.05 bits per heavy atom. The van der Waals surface area contributed by atoms with Gasteiger partial charge >= 0.3 is 46.8 Å². The molecule has 1 unspecified atom stereocenters. The van der Waals surface area contributed by atoms with Crippen LogP contribution in [0.15, 0.2) is 27.1 Å². The first kappa shape index (κ1) is 46.0. The van der Waals surface area contributed by atoms with E-state index in [1.807, 2.05) is 16.7 Å². The molecule has 0 saturated heterocycles. The molecule has 0 aromatic heterocycles. The van der Waals surface area contributed by atoms with Crippen LogP contribution < -0.4 is 5.32 Å². The maximum atomic E-state index is 14.4. The normalized spacial score (nSPS) is 22.2. The molecule has 0 aromatic carbocycles.